The number of amides is 1. The summed E-state index contributed by atoms with van der Waals surface area (Å²) in [4.78, 5) is 26.0. The van der Waals surface area contributed by atoms with Gasteiger partial charge in [-0.15, -0.1) is 0 Å². The number of carbonyl (C=O) groups is 2. The van der Waals surface area contributed by atoms with Crippen molar-refractivity contribution in [2.75, 3.05) is 6.54 Å². The predicted molar refractivity (Wildman–Crippen MR) is 88.2 cm³/mol. The summed E-state index contributed by atoms with van der Waals surface area (Å²) in [5.41, 5.74) is 2.00. The van der Waals surface area contributed by atoms with E-state index >= 15 is 0 Å². The highest BCUT2D eigenvalue weighted by molar-refractivity contribution is 5.80. The molecule has 1 spiro atoms. The Kier molecular flexibility index (Phi) is 4.42. The van der Waals surface area contributed by atoms with E-state index in [9.17, 15) is 9.59 Å². The van der Waals surface area contributed by atoms with Gasteiger partial charge in [-0.05, 0) is 37.3 Å². The van der Waals surface area contributed by atoms with E-state index in [2.05, 4.69) is 26.0 Å². The summed E-state index contributed by atoms with van der Waals surface area (Å²) < 4.78 is 5.85. The van der Waals surface area contributed by atoms with Gasteiger partial charge in [-0.3, -0.25) is 4.79 Å². The van der Waals surface area contributed by atoms with E-state index in [1.807, 2.05) is 17.0 Å². The summed E-state index contributed by atoms with van der Waals surface area (Å²) in [7, 11) is 0. The van der Waals surface area contributed by atoms with Crippen molar-refractivity contribution >= 4 is 11.9 Å². The summed E-state index contributed by atoms with van der Waals surface area (Å²) in [6, 6.07) is 8.29. The van der Waals surface area contributed by atoms with Crippen molar-refractivity contribution in [3.8, 4) is 0 Å². The lowest BCUT2D eigenvalue weighted by Gasteiger charge is -2.45. The third-order valence-corrected chi connectivity index (χ3v) is 5.38. The lowest BCUT2D eigenvalue weighted by atomic mass is 9.80. The Morgan fingerprint density at radius 2 is 1.87 bits per heavy atom. The number of Topliss-reactive ketones (excluding diaryl/α,β-unsaturated/α-hetero) is 1. The molecule has 1 heterocycles. The molecule has 0 unspecified atom stereocenters. The molecule has 1 aliphatic carbocycles. The first-order valence-electron chi connectivity index (χ1n) is 8.61. The van der Waals surface area contributed by atoms with Gasteiger partial charge in [0.1, 0.15) is 11.4 Å². The predicted octanol–water partition coefficient (Wildman–Crippen LogP) is 4.17. The Balaban J connectivity index is 1.76. The lowest BCUT2D eigenvalue weighted by Crippen LogP contribution is -2.52. The van der Waals surface area contributed by atoms with Crippen LogP contribution >= 0.6 is 0 Å². The Morgan fingerprint density at radius 1 is 1.17 bits per heavy atom. The minimum Gasteiger partial charge on any atom is -0.443 e. The second kappa shape index (κ2) is 6.34. The van der Waals surface area contributed by atoms with Crippen molar-refractivity contribution in [1.82, 2.24) is 4.90 Å². The number of rotatable bonds is 3. The van der Waals surface area contributed by atoms with Gasteiger partial charge in [0, 0.05) is 25.8 Å². The molecule has 1 aromatic carbocycles. The fraction of sp³-hybridized carbons (Fsp3) is 0.579. The van der Waals surface area contributed by atoms with Gasteiger partial charge >= 0.3 is 6.09 Å². The van der Waals surface area contributed by atoms with Crippen LogP contribution in [0.25, 0.3) is 0 Å². The Morgan fingerprint density at radius 3 is 2.48 bits per heavy atom. The van der Waals surface area contributed by atoms with Crippen molar-refractivity contribution < 1.29 is 14.3 Å². The molecular weight excluding hydrogens is 290 g/mol. The highest BCUT2D eigenvalue weighted by atomic mass is 16.6. The maximum Gasteiger partial charge on any atom is 0.410 e. The number of aryl methyl sites for hydroxylation is 1. The number of ether oxygens (including phenoxy) is 1. The van der Waals surface area contributed by atoms with Crippen LogP contribution in [0.2, 0.25) is 0 Å². The molecule has 2 fully saturated rings. The van der Waals surface area contributed by atoms with Gasteiger partial charge in [-0.1, -0.05) is 31.2 Å². The van der Waals surface area contributed by atoms with Gasteiger partial charge < -0.3 is 9.64 Å². The molecule has 1 saturated heterocycles. The smallest absolute Gasteiger partial charge is 0.410 e. The average molecular weight is 315 g/mol. The van der Waals surface area contributed by atoms with Gasteiger partial charge in [0.05, 0.1) is 6.04 Å². The van der Waals surface area contributed by atoms with E-state index < -0.39 is 5.60 Å². The highest BCUT2D eigenvalue weighted by Gasteiger charge is 2.44. The molecule has 4 heteroatoms. The molecule has 0 radical (unpaired) electrons. The largest absolute Gasteiger partial charge is 0.443 e. The average Bonchev–Trinajstić information content (AvgIpc) is 2.55. The third-order valence-electron chi connectivity index (χ3n) is 5.38. The van der Waals surface area contributed by atoms with Crippen LogP contribution in [0.15, 0.2) is 24.3 Å². The van der Waals surface area contributed by atoms with Crippen molar-refractivity contribution in [3.05, 3.63) is 35.4 Å². The lowest BCUT2D eigenvalue weighted by molar-refractivity contribution is -0.129. The van der Waals surface area contributed by atoms with Crippen molar-refractivity contribution in [3.63, 3.8) is 0 Å². The Hall–Kier alpha value is -1.84. The van der Waals surface area contributed by atoms with Crippen LogP contribution in [0.1, 0.15) is 62.6 Å². The van der Waals surface area contributed by atoms with Crippen LogP contribution in [-0.4, -0.2) is 28.9 Å². The number of nitrogens with zero attached hydrogens (tertiary/aromatic N) is 1. The number of hydrogen-bond acceptors (Lipinski definition) is 3. The minimum absolute atomic E-state index is 0.0614. The third kappa shape index (κ3) is 3.12. The second-order valence-electron chi connectivity index (χ2n) is 6.81. The summed E-state index contributed by atoms with van der Waals surface area (Å²) in [6.07, 6.45) is 3.93. The van der Waals surface area contributed by atoms with Crippen LogP contribution in [0.5, 0.6) is 0 Å². The SMILES string of the molecule is CC[C@@H](c1ccccc1C)N1CCC2(CCC(=O)CC2)OC1=O. The molecule has 3 rings (SSSR count). The summed E-state index contributed by atoms with van der Waals surface area (Å²) in [5, 5.41) is 0. The van der Waals surface area contributed by atoms with Crippen LogP contribution in [0, 0.1) is 6.92 Å². The van der Waals surface area contributed by atoms with E-state index in [0.29, 0.717) is 38.0 Å². The number of carbonyl (C=O) groups excluding carboxylic acids is 2. The molecule has 1 atom stereocenters. The fourth-order valence-corrected chi connectivity index (χ4v) is 3.90. The highest BCUT2D eigenvalue weighted by Crippen LogP contribution is 2.39. The monoisotopic (exact) mass is 315 g/mol. The summed E-state index contributed by atoms with van der Waals surface area (Å²) in [5.74, 6) is 0.292. The molecule has 0 aromatic heterocycles. The first-order valence-corrected chi connectivity index (χ1v) is 8.61. The van der Waals surface area contributed by atoms with E-state index in [1.165, 1.54) is 11.1 Å². The topological polar surface area (TPSA) is 46.6 Å². The molecule has 1 aliphatic heterocycles. The Bertz CT molecular complexity index is 600. The molecular formula is C19H25NO3. The molecule has 0 bridgehead atoms. The van der Waals surface area contributed by atoms with Crippen molar-refractivity contribution in [2.45, 2.75) is 64.0 Å². The standard InChI is InChI=1S/C19H25NO3/c1-3-17(16-7-5-4-6-14(16)2)20-13-12-19(23-18(20)22)10-8-15(21)9-11-19/h4-7,17H,3,8-13H2,1-2H3/t17-/m0/s1. The van der Waals surface area contributed by atoms with E-state index in [4.69, 9.17) is 4.74 Å². The first kappa shape index (κ1) is 16.0. The summed E-state index contributed by atoms with van der Waals surface area (Å²) >= 11 is 0. The number of ketones is 1. The zero-order chi connectivity index (χ0) is 16.4. The van der Waals surface area contributed by atoms with Crippen molar-refractivity contribution in [1.29, 1.82) is 0 Å². The van der Waals surface area contributed by atoms with Crippen LogP contribution in [0.3, 0.4) is 0 Å². The van der Waals surface area contributed by atoms with Crippen LogP contribution in [-0.2, 0) is 9.53 Å². The van der Waals surface area contributed by atoms with E-state index in [0.717, 1.165) is 12.8 Å². The van der Waals surface area contributed by atoms with Gasteiger partial charge in [0.2, 0.25) is 0 Å². The molecule has 4 nitrogen and oxygen atoms in total. The quantitative estimate of drug-likeness (QED) is 0.841. The van der Waals surface area contributed by atoms with E-state index in [-0.39, 0.29) is 12.1 Å². The van der Waals surface area contributed by atoms with Crippen LogP contribution in [0.4, 0.5) is 4.79 Å². The molecule has 23 heavy (non-hydrogen) atoms. The number of benzene rings is 1. The molecule has 124 valence electrons. The first-order chi connectivity index (χ1) is 11.0. The maximum atomic E-state index is 12.7. The van der Waals surface area contributed by atoms with Gasteiger partial charge in [0.25, 0.3) is 0 Å². The second-order valence-corrected chi connectivity index (χ2v) is 6.81. The zero-order valence-electron chi connectivity index (χ0n) is 14.0. The maximum absolute atomic E-state index is 12.7. The molecule has 1 amide bonds. The molecule has 1 aromatic rings. The van der Waals surface area contributed by atoms with E-state index in [1.54, 1.807) is 0 Å². The fourth-order valence-electron chi connectivity index (χ4n) is 3.90. The van der Waals surface area contributed by atoms with Gasteiger partial charge in [-0.25, -0.2) is 4.79 Å². The van der Waals surface area contributed by atoms with Gasteiger partial charge in [-0.2, -0.15) is 0 Å². The Labute approximate surface area is 137 Å². The molecule has 1 saturated carbocycles. The normalized spacial score (nSPS) is 22.1. The molecule has 0 N–H and O–H groups in total. The van der Waals surface area contributed by atoms with Crippen molar-refractivity contribution in [2.24, 2.45) is 0 Å². The van der Waals surface area contributed by atoms with Crippen LogP contribution < -0.4 is 0 Å². The van der Waals surface area contributed by atoms with Gasteiger partial charge in [0.15, 0.2) is 0 Å². The zero-order valence-corrected chi connectivity index (χ0v) is 14.0. The summed E-state index contributed by atoms with van der Waals surface area (Å²) in [6.45, 7) is 4.90. The minimum atomic E-state index is -0.397. The molecule has 2 aliphatic rings. The number of hydrogen-bond donors (Lipinski definition) is 0.